The summed E-state index contributed by atoms with van der Waals surface area (Å²) in [6, 6.07) is 11.4. The molecule has 2 aromatic rings. The van der Waals surface area contributed by atoms with Gasteiger partial charge in [-0.25, -0.2) is 8.42 Å². The Morgan fingerprint density at radius 1 is 1.08 bits per heavy atom. The van der Waals surface area contributed by atoms with E-state index in [0.29, 0.717) is 6.42 Å². The van der Waals surface area contributed by atoms with Gasteiger partial charge in [0.25, 0.3) is 0 Å². The molecule has 3 rings (SSSR count). The second-order valence-corrected chi connectivity index (χ2v) is 12.1. The lowest BCUT2D eigenvalue weighted by atomic mass is 9.99. The molecule has 0 bridgehead atoms. The molecule has 0 aromatic heterocycles. The summed E-state index contributed by atoms with van der Waals surface area (Å²) in [7, 11) is -4.23. The smallest absolute Gasteiger partial charge is 0.390 e. The fraction of sp³-hybridized carbons (Fsp3) is 0.519. The van der Waals surface area contributed by atoms with Crippen LogP contribution in [-0.2, 0) is 27.4 Å². The van der Waals surface area contributed by atoms with Gasteiger partial charge in [0, 0.05) is 13.1 Å². The molecule has 1 aliphatic rings. The molecule has 11 heteroatoms. The van der Waals surface area contributed by atoms with Crippen molar-refractivity contribution in [1.29, 1.82) is 0 Å². The zero-order chi connectivity index (χ0) is 27.9. The second-order valence-electron chi connectivity index (χ2n) is 10.1. The number of alkyl halides is 3. The van der Waals surface area contributed by atoms with Gasteiger partial charge in [-0.2, -0.15) is 17.5 Å². The second kappa shape index (κ2) is 13.1. The molecule has 3 atom stereocenters. The van der Waals surface area contributed by atoms with Gasteiger partial charge in [0.05, 0.1) is 28.6 Å². The van der Waals surface area contributed by atoms with Crippen LogP contribution in [0.5, 0.6) is 0 Å². The maximum atomic E-state index is 13.5. The highest BCUT2D eigenvalue weighted by atomic mass is 32.2. The van der Waals surface area contributed by atoms with Crippen molar-refractivity contribution in [3.63, 3.8) is 0 Å². The Kier molecular flexibility index (Phi) is 10.3. The van der Waals surface area contributed by atoms with Crippen LogP contribution < -0.4 is 10.6 Å². The number of nitrogens with one attached hydrogen (secondary N) is 2. The first kappa shape index (κ1) is 30.1. The molecule has 7 nitrogen and oxygen atoms in total. The molecular formula is C27H36F3N3O4S. The Bertz CT molecular complexity index is 1140. The summed E-state index contributed by atoms with van der Waals surface area (Å²) in [6.45, 7) is 4.03. The SMILES string of the molecule is CC(C)CN(C[C@@H](O)[C@H](Cc1ccccc1)NC(=O)[C@@H]1CCCCN1)S(=O)(=O)c1ccc(C(F)(F)F)cc1. The number of piperidine rings is 1. The summed E-state index contributed by atoms with van der Waals surface area (Å²) in [5.74, 6) is -0.384. The van der Waals surface area contributed by atoms with E-state index in [2.05, 4.69) is 10.6 Å². The topological polar surface area (TPSA) is 98.7 Å². The van der Waals surface area contributed by atoms with Crippen LogP contribution in [0, 0.1) is 5.92 Å². The summed E-state index contributed by atoms with van der Waals surface area (Å²) in [5.41, 5.74) is -0.0942. The molecule has 0 spiro atoms. The zero-order valence-corrected chi connectivity index (χ0v) is 22.4. The van der Waals surface area contributed by atoms with Crippen molar-refractivity contribution in [2.24, 2.45) is 5.92 Å². The van der Waals surface area contributed by atoms with Gasteiger partial charge >= 0.3 is 6.18 Å². The first-order valence-electron chi connectivity index (χ1n) is 12.8. The van der Waals surface area contributed by atoms with Gasteiger partial charge in [-0.3, -0.25) is 4.79 Å². The molecule has 1 amide bonds. The fourth-order valence-corrected chi connectivity index (χ4v) is 6.11. The fourth-order valence-electron chi connectivity index (χ4n) is 4.49. The van der Waals surface area contributed by atoms with Crippen molar-refractivity contribution in [2.45, 2.75) is 68.8 Å². The average molecular weight is 556 g/mol. The molecule has 0 saturated carbocycles. The number of aliphatic hydroxyl groups is 1. The van der Waals surface area contributed by atoms with Crippen LogP contribution in [0.4, 0.5) is 13.2 Å². The van der Waals surface area contributed by atoms with Crippen molar-refractivity contribution >= 4 is 15.9 Å². The Labute approximate surface area is 222 Å². The van der Waals surface area contributed by atoms with E-state index in [0.717, 1.165) is 53.5 Å². The van der Waals surface area contributed by atoms with Crippen LogP contribution in [0.15, 0.2) is 59.5 Å². The van der Waals surface area contributed by atoms with E-state index in [1.165, 1.54) is 0 Å². The van der Waals surface area contributed by atoms with Gasteiger partial charge < -0.3 is 15.7 Å². The minimum Gasteiger partial charge on any atom is -0.390 e. The van der Waals surface area contributed by atoms with Gasteiger partial charge in [-0.1, -0.05) is 50.6 Å². The third-order valence-corrected chi connectivity index (χ3v) is 8.34. The zero-order valence-electron chi connectivity index (χ0n) is 21.6. The predicted octanol–water partition coefficient (Wildman–Crippen LogP) is 3.58. The summed E-state index contributed by atoms with van der Waals surface area (Å²) in [6.07, 6.45) is -3.04. The number of hydrogen-bond acceptors (Lipinski definition) is 5. The number of aliphatic hydroxyl groups excluding tert-OH is 1. The van der Waals surface area contributed by atoms with Crippen molar-refractivity contribution < 1.29 is 31.5 Å². The highest BCUT2D eigenvalue weighted by Gasteiger charge is 2.34. The summed E-state index contributed by atoms with van der Waals surface area (Å²) in [5, 5.41) is 17.4. The van der Waals surface area contributed by atoms with E-state index in [1.54, 1.807) is 13.8 Å². The Hall–Kier alpha value is -2.47. The van der Waals surface area contributed by atoms with Crippen LogP contribution in [-0.4, -0.2) is 61.6 Å². The number of carbonyl (C=O) groups is 1. The minimum atomic E-state index is -4.59. The number of halogens is 3. The maximum absolute atomic E-state index is 13.5. The average Bonchev–Trinajstić information content (AvgIpc) is 2.88. The van der Waals surface area contributed by atoms with E-state index >= 15 is 0 Å². The van der Waals surface area contributed by atoms with E-state index < -0.39 is 40.0 Å². The van der Waals surface area contributed by atoms with Crippen molar-refractivity contribution in [3.05, 3.63) is 65.7 Å². The molecule has 38 heavy (non-hydrogen) atoms. The summed E-state index contributed by atoms with van der Waals surface area (Å²) in [4.78, 5) is 12.7. The van der Waals surface area contributed by atoms with Crippen molar-refractivity contribution in [3.8, 4) is 0 Å². The monoisotopic (exact) mass is 555 g/mol. The van der Waals surface area contributed by atoms with Crippen molar-refractivity contribution in [1.82, 2.24) is 14.9 Å². The molecular weight excluding hydrogens is 519 g/mol. The number of benzene rings is 2. The number of sulfonamides is 1. The molecule has 3 N–H and O–H groups in total. The van der Waals surface area contributed by atoms with E-state index in [4.69, 9.17) is 0 Å². The molecule has 1 fully saturated rings. The molecule has 210 valence electrons. The van der Waals surface area contributed by atoms with Gasteiger partial charge in [0.15, 0.2) is 0 Å². The lowest BCUT2D eigenvalue weighted by Gasteiger charge is -2.32. The Morgan fingerprint density at radius 3 is 2.29 bits per heavy atom. The van der Waals surface area contributed by atoms with Gasteiger partial charge in [0.1, 0.15) is 0 Å². The highest BCUT2D eigenvalue weighted by Crippen LogP contribution is 2.30. The first-order valence-corrected chi connectivity index (χ1v) is 14.2. The Morgan fingerprint density at radius 2 is 1.74 bits per heavy atom. The number of carbonyl (C=O) groups excluding carboxylic acids is 1. The van der Waals surface area contributed by atoms with E-state index in [1.807, 2.05) is 30.3 Å². The molecule has 0 radical (unpaired) electrons. The molecule has 2 aromatic carbocycles. The maximum Gasteiger partial charge on any atom is 0.416 e. The normalized spacial score (nSPS) is 18.4. The van der Waals surface area contributed by atoms with Crippen LogP contribution in [0.25, 0.3) is 0 Å². The van der Waals surface area contributed by atoms with Crippen LogP contribution in [0.2, 0.25) is 0 Å². The number of nitrogens with zero attached hydrogens (tertiary/aromatic N) is 1. The lowest BCUT2D eigenvalue weighted by Crippen LogP contribution is -2.55. The largest absolute Gasteiger partial charge is 0.416 e. The number of rotatable bonds is 11. The molecule has 0 unspecified atom stereocenters. The summed E-state index contributed by atoms with van der Waals surface area (Å²) < 4.78 is 67.0. The van der Waals surface area contributed by atoms with Gasteiger partial charge in [-0.05, 0) is 61.6 Å². The molecule has 1 saturated heterocycles. The first-order chi connectivity index (χ1) is 17.9. The lowest BCUT2D eigenvalue weighted by molar-refractivity contribution is -0.137. The highest BCUT2D eigenvalue weighted by molar-refractivity contribution is 7.89. The standard InChI is InChI=1S/C27H36F3N3O4S/c1-19(2)17-33(38(36,37)22-13-11-21(12-14-22)27(28,29)30)18-25(34)24(16-20-8-4-3-5-9-20)32-26(35)23-10-6-7-15-31-23/h3-5,8-9,11-14,19,23-25,31,34H,6-7,10,15-18H2,1-2H3,(H,32,35)/t23-,24-,25+/m0/s1. The molecule has 1 heterocycles. The van der Waals surface area contributed by atoms with Crippen LogP contribution in [0.1, 0.15) is 44.2 Å². The van der Waals surface area contributed by atoms with Gasteiger partial charge in [0.2, 0.25) is 15.9 Å². The van der Waals surface area contributed by atoms with Crippen molar-refractivity contribution in [2.75, 3.05) is 19.6 Å². The van der Waals surface area contributed by atoms with E-state index in [9.17, 15) is 31.5 Å². The predicted molar refractivity (Wildman–Crippen MR) is 139 cm³/mol. The van der Waals surface area contributed by atoms with Crippen LogP contribution in [0.3, 0.4) is 0 Å². The Balaban J connectivity index is 1.84. The third-order valence-electron chi connectivity index (χ3n) is 6.50. The minimum absolute atomic E-state index is 0.0383. The molecule has 0 aliphatic carbocycles. The molecule has 1 aliphatic heterocycles. The number of amides is 1. The quantitative estimate of drug-likeness (QED) is 0.394. The van der Waals surface area contributed by atoms with E-state index in [-0.39, 0.29) is 36.2 Å². The van der Waals surface area contributed by atoms with Crippen LogP contribution >= 0.6 is 0 Å². The number of hydrogen-bond donors (Lipinski definition) is 3. The van der Waals surface area contributed by atoms with Gasteiger partial charge in [-0.15, -0.1) is 0 Å². The third kappa shape index (κ3) is 8.26. The summed E-state index contributed by atoms with van der Waals surface area (Å²) >= 11 is 0.